The van der Waals surface area contributed by atoms with Crippen LogP contribution in [0.4, 0.5) is 0 Å². The number of rotatable bonds is 3. The molecular formula is C16H20N2OS2. The third kappa shape index (κ3) is 4.99. The maximum Gasteiger partial charge on any atom is 0.252 e. The number of benzene rings is 1. The second-order valence-electron chi connectivity index (χ2n) is 4.83. The number of hydrogen-bond acceptors (Lipinski definition) is 4. The minimum Gasteiger partial charge on any atom is -0.351 e. The van der Waals surface area contributed by atoms with Crippen LogP contribution in [-0.4, -0.2) is 41.5 Å². The van der Waals surface area contributed by atoms with Crippen molar-refractivity contribution in [1.29, 1.82) is 0 Å². The van der Waals surface area contributed by atoms with Crippen LogP contribution < -0.4 is 11.1 Å². The van der Waals surface area contributed by atoms with Gasteiger partial charge in [-0.2, -0.15) is 23.5 Å². The van der Waals surface area contributed by atoms with Crippen molar-refractivity contribution in [1.82, 2.24) is 5.32 Å². The molecule has 1 aromatic carbocycles. The molecule has 0 aromatic heterocycles. The van der Waals surface area contributed by atoms with E-state index >= 15 is 0 Å². The van der Waals surface area contributed by atoms with Gasteiger partial charge in [-0.15, -0.1) is 0 Å². The largest absolute Gasteiger partial charge is 0.351 e. The van der Waals surface area contributed by atoms with Crippen LogP contribution in [0.25, 0.3) is 0 Å². The fourth-order valence-corrected chi connectivity index (χ4v) is 4.67. The molecular weight excluding hydrogens is 300 g/mol. The van der Waals surface area contributed by atoms with Crippen molar-refractivity contribution in [2.45, 2.75) is 12.2 Å². The average molecular weight is 320 g/mol. The molecule has 1 fully saturated rings. The molecule has 0 aliphatic carbocycles. The first kappa shape index (κ1) is 16.3. The van der Waals surface area contributed by atoms with E-state index in [9.17, 15) is 4.79 Å². The van der Waals surface area contributed by atoms with Gasteiger partial charge in [-0.05, 0) is 19.1 Å². The van der Waals surface area contributed by atoms with Crippen LogP contribution in [0.15, 0.2) is 18.2 Å². The second-order valence-corrected chi connectivity index (χ2v) is 7.39. The molecule has 1 unspecified atom stereocenters. The highest BCUT2D eigenvalue weighted by Crippen LogP contribution is 2.23. The molecule has 1 aliphatic rings. The average Bonchev–Trinajstić information content (AvgIpc) is 2.52. The maximum atomic E-state index is 12.4. The molecule has 0 saturated carbocycles. The zero-order chi connectivity index (χ0) is 15.1. The summed E-state index contributed by atoms with van der Waals surface area (Å²) >= 11 is 3.90. The van der Waals surface area contributed by atoms with Gasteiger partial charge in [0.1, 0.15) is 0 Å². The highest BCUT2D eigenvalue weighted by atomic mass is 32.2. The summed E-state index contributed by atoms with van der Waals surface area (Å²) < 4.78 is 0. The summed E-state index contributed by atoms with van der Waals surface area (Å²) in [6, 6.07) is 5.74. The number of aryl methyl sites for hydroxylation is 1. The standard InChI is InChI=1S/C16H20N2OS2/c1-12-4-5-13(3-2-6-17)15(9-12)16(19)18-10-14-11-20-7-8-21-14/h4-5,9,14H,6-8,10-11,17H2,1H3,(H,18,19). The van der Waals surface area contributed by atoms with Gasteiger partial charge in [-0.3, -0.25) is 4.79 Å². The first-order valence-electron chi connectivity index (χ1n) is 6.98. The van der Waals surface area contributed by atoms with Crippen molar-refractivity contribution < 1.29 is 4.79 Å². The maximum absolute atomic E-state index is 12.4. The molecule has 5 heteroatoms. The monoisotopic (exact) mass is 320 g/mol. The molecule has 1 amide bonds. The smallest absolute Gasteiger partial charge is 0.252 e. The van der Waals surface area contributed by atoms with Gasteiger partial charge < -0.3 is 11.1 Å². The Hall–Kier alpha value is -1.09. The van der Waals surface area contributed by atoms with Gasteiger partial charge in [0.2, 0.25) is 0 Å². The highest BCUT2D eigenvalue weighted by molar-refractivity contribution is 8.06. The number of nitrogens with two attached hydrogens (primary N) is 1. The highest BCUT2D eigenvalue weighted by Gasteiger charge is 2.16. The molecule has 0 bridgehead atoms. The molecule has 1 heterocycles. The van der Waals surface area contributed by atoms with Crippen LogP contribution in [-0.2, 0) is 0 Å². The van der Waals surface area contributed by atoms with Crippen LogP contribution in [0.1, 0.15) is 21.5 Å². The molecule has 2 rings (SSSR count). The van der Waals surface area contributed by atoms with Crippen LogP contribution >= 0.6 is 23.5 Å². The SMILES string of the molecule is Cc1ccc(C#CCN)c(C(=O)NCC2CSCCS2)c1. The molecule has 1 atom stereocenters. The van der Waals surface area contributed by atoms with Crippen molar-refractivity contribution in [3.8, 4) is 11.8 Å². The van der Waals surface area contributed by atoms with E-state index in [4.69, 9.17) is 5.73 Å². The summed E-state index contributed by atoms with van der Waals surface area (Å²) in [5.74, 6) is 9.24. The summed E-state index contributed by atoms with van der Waals surface area (Å²) in [5.41, 5.74) is 7.85. The lowest BCUT2D eigenvalue weighted by Gasteiger charge is -2.21. The van der Waals surface area contributed by atoms with Gasteiger partial charge in [-0.25, -0.2) is 0 Å². The van der Waals surface area contributed by atoms with E-state index in [0.717, 1.165) is 16.9 Å². The van der Waals surface area contributed by atoms with Gasteiger partial charge in [0.25, 0.3) is 5.91 Å². The van der Waals surface area contributed by atoms with E-state index in [0.29, 0.717) is 23.9 Å². The van der Waals surface area contributed by atoms with E-state index in [1.165, 1.54) is 11.5 Å². The Kier molecular flexibility index (Phi) is 6.50. The second kappa shape index (κ2) is 8.38. The minimum atomic E-state index is -0.0452. The van der Waals surface area contributed by atoms with Gasteiger partial charge >= 0.3 is 0 Å². The summed E-state index contributed by atoms with van der Waals surface area (Å²) in [6.45, 7) is 2.99. The summed E-state index contributed by atoms with van der Waals surface area (Å²) in [4.78, 5) is 12.4. The third-order valence-corrected chi connectivity index (χ3v) is 5.96. The van der Waals surface area contributed by atoms with E-state index < -0.39 is 0 Å². The van der Waals surface area contributed by atoms with Crippen LogP contribution in [0.3, 0.4) is 0 Å². The third-order valence-electron chi connectivity index (χ3n) is 3.12. The van der Waals surface area contributed by atoms with Crippen molar-refractivity contribution >= 4 is 29.4 Å². The Labute approximate surface area is 134 Å². The molecule has 1 aliphatic heterocycles. The molecule has 112 valence electrons. The van der Waals surface area contributed by atoms with Gasteiger partial charge in [0.05, 0.1) is 12.1 Å². The predicted octanol–water partition coefficient (Wildman–Crippen LogP) is 1.88. The predicted molar refractivity (Wildman–Crippen MR) is 93.0 cm³/mol. The van der Waals surface area contributed by atoms with Crippen LogP contribution in [0.2, 0.25) is 0 Å². The number of carbonyl (C=O) groups excluding carboxylic acids is 1. The van der Waals surface area contributed by atoms with E-state index in [-0.39, 0.29) is 5.91 Å². The molecule has 3 N–H and O–H groups in total. The fourth-order valence-electron chi connectivity index (χ4n) is 2.06. The first-order valence-corrected chi connectivity index (χ1v) is 9.18. The number of thioether (sulfide) groups is 2. The Morgan fingerprint density at radius 2 is 2.33 bits per heavy atom. The molecule has 0 spiro atoms. The molecule has 0 radical (unpaired) electrons. The normalized spacial score (nSPS) is 17.7. The number of amides is 1. The summed E-state index contributed by atoms with van der Waals surface area (Å²) in [5, 5.41) is 3.55. The van der Waals surface area contributed by atoms with Gasteiger partial charge in [-0.1, -0.05) is 23.5 Å². The zero-order valence-corrected chi connectivity index (χ0v) is 13.8. The number of carbonyl (C=O) groups is 1. The van der Waals surface area contributed by atoms with Crippen LogP contribution in [0, 0.1) is 18.8 Å². The van der Waals surface area contributed by atoms with Crippen LogP contribution in [0.5, 0.6) is 0 Å². The fraction of sp³-hybridized carbons (Fsp3) is 0.438. The van der Waals surface area contributed by atoms with Crippen molar-refractivity contribution in [3.05, 3.63) is 34.9 Å². The lowest BCUT2D eigenvalue weighted by Crippen LogP contribution is -2.33. The lowest BCUT2D eigenvalue weighted by molar-refractivity contribution is 0.0954. The van der Waals surface area contributed by atoms with E-state index in [1.807, 2.05) is 48.6 Å². The topological polar surface area (TPSA) is 55.1 Å². The lowest BCUT2D eigenvalue weighted by atomic mass is 10.0. The quantitative estimate of drug-likeness (QED) is 0.835. The Morgan fingerprint density at radius 1 is 1.48 bits per heavy atom. The minimum absolute atomic E-state index is 0.0452. The molecule has 3 nitrogen and oxygen atoms in total. The van der Waals surface area contributed by atoms with Gasteiger partial charge in [0, 0.05) is 34.6 Å². The Bertz CT molecular complexity index is 557. The van der Waals surface area contributed by atoms with Crippen molar-refractivity contribution in [3.63, 3.8) is 0 Å². The van der Waals surface area contributed by atoms with Gasteiger partial charge in [0.15, 0.2) is 0 Å². The van der Waals surface area contributed by atoms with E-state index in [1.54, 1.807) is 0 Å². The molecule has 1 saturated heterocycles. The molecule has 21 heavy (non-hydrogen) atoms. The summed E-state index contributed by atoms with van der Waals surface area (Å²) in [6.07, 6.45) is 0. The van der Waals surface area contributed by atoms with Crippen molar-refractivity contribution in [2.75, 3.05) is 30.3 Å². The first-order chi connectivity index (χ1) is 10.2. The zero-order valence-electron chi connectivity index (χ0n) is 12.1. The molecule has 1 aromatic rings. The van der Waals surface area contributed by atoms with Crippen molar-refractivity contribution in [2.24, 2.45) is 5.73 Å². The Balaban J connectivity index is 2.04. The summed E-state index contributed by atoms with van der Waals surface area (Å²) in [7, 11) is 0. The number of nitrogens with one attached hydrogen (secondary N) is 1. The Morgan fingerprint density at radius 3 is 3.05 bits per heavy atom. The van der Waals surface area contributed by atoms with E-state index in [2.05, 4.69) is 17.2 Å². The number of hydrogen-bond donors (Lipinski definition) is 2.